The topological polar surface area (TPSA) is 90.0 Å². The molecule has 0 unspecified atom stereocenters. The van der Waals surface area contributed by atoms with E-state index in [0.717, 1.165) is 42.8 Å². The Bertz CT molecular complexity index is 1170. The minimum absolute atomic E-state index is 0.0641. The fourth-order valence-electron chi connectivity index (χ4n) is 4.47. The largest absolute Gasteiger partial charge is 0.339 e. The molecule has 2 heterocycles. The number of fused-ring (bicyclic) bond motifs is 1. The van der Waals surface area contributed by atoms with Crippen molar-refractivity contribution >= 4 is 38.2 Å². The first kappa shape index (κ1) is 28.3. The van der Waals surface area contributed by atoms with Gasteiger partial charge >= 0.3 is 0 Å². The third-order valence-corrected chi connectivity index (χ3v) is 9.48. The lowest BCUT2D eigenvalue weighted by molar-refractivity contribution is 0.0772. The Morgan fingerprint density at radius 3 is 2.19 bits per heavy atom. The number of likely N-dealkylation sites (N-methyl/N-ethyl adjacent to an activating group) is 1. The van der Waals surface area contributed by atoms with Crippen LogP contribution in [0.3, 0.4) is 0 Å². The number of carbonyl (C=O) groups excluding carboxylic acids is 2. The lowest BCUT2D eigenvalue weighted by atomic mass is 10.0. The Kier molecular flexibility index (Phi) is 9.68. The summed E-state index contributed by atoms with van der Waals surface area (Å²) in [5.41, 5.74) is 1.96. The summed E-state index contributed by atoms with van der Waals surface area (Å²) in [5, 5.41) is 3.52. The van der Waals surface area contributed by atoms with Crippen molar-refractivity contribution in [3.63, 3.8) is 0 Å². The second-order valence-electron chi connectivity index (χ2n) is 9.06. The van der Waals surface area contributed by atoms with Gasteiger partial charge in [0, 0.05) is 49.7 Å². The number of hydrogen-bond acceptors (Lipinski definition) is 6. The van der Waals surface area contributed by atoms with Crippen LogP contribution in [-0.2, 0) is 23.0 Å². The van der Waals surface area contributed by atoms with Gasteiger partial charge in [-0.05, 0) is 70.0 Å². The maximum atomic E-state index is 13.4. The van der Waals surface area contributed by atoms with E-state index in [9.17, 15) is 18.0 Å². The number of thiophene rings is 1. The van der Waals surface area contributed by atoms with E-state index >= 15 is 0 Å². The molecule has 1 aliphatic rings. The van der Waals surface area contributed by atoms with Gasteiger partial charge in [0.25, 0.3) is 11.8 Å². The summed E-state index contributed by atoms with van der Waals surface area (Å²) < 4.78 is 27.6. The van der Waals surface area contributed by atoms with E-state index in [0.29, 0.717) is 42.3 Å². The number of rotatable bonds is 11. The fourth-order valence-corrected chi connectivity index (χ4v) is 7.41. The normalized spacial score (nSPS) is 14.1. The number of nitrogens with one attached hydrogen (secondary N) is 1. The van der Waals surface area contributed by atoms with Crippen LogP contribution in [-0.4, -0.2) is 74.1 Å². The van der Waals surface area contributed by atoms with Crippen LogP contribution in [0, 0.1) is 0 Å². The molecule has 1 aromatic carbocycles. The van der Waals surface area contributed by atoms with Crippen LogP contribution < -0.4 is 5.32 Å². The standard InChI is InChI=1S/C26H38N4O4S2/c1-6-15-30(16-7-2)36(33,34)20-12-10-19(11-13-20)24(31)27-25-23(26(32)29(8-3)9-4)21-14-17-28(5)18-22(21)35-25/h10-13H,6-9,14-18H2,1-5H3,(H,27,31). The predicted octanol–water partition coefficient (Wildman–Crippen LogP) is 4.28. The molecule has 2 amide bonds. The van der Waals surface area contributed by atoms with Crippen molar-refractivity contribution in [1.29, 1.82) is 0 Å². The smallest absolute Gasteiger partial charge is 0.257 e. The van der Waals surface area contributed by atoms with Crippen molar-refractivity contribution in [2.24, 2.45) is 0 Å². The Hall–Kier alpha value is -2.27. The summed E-state index contributed by atoms with van der Waals surface area (Å²) in [6.07, 6.45) is 2.23. The molecule has 0 saturated carbocycles. The van der Waals surface area contributed by atoms with Gasteiger partial charge in [-0.3, -0.25) is 9.59 Å². The highest BCUT2D eigenvalue weighted by atomic mass is 32.2. The SMILES string of the molecule is CCCN(CCC)S(=O)(=O)c1ccc(C(=O)Nc2sc3c(c2C(=O)N(CC)CC)CCN(C)C3)cc1. The lowest BCUT2D eigenvalue weighted by Gasteiger charge is -2.24. The minimum Gasteiger partial charge on any atom is -0.339 e. The van der Waals surface area contributed by atoms with Crippen molar-refractivity contribution in [3.8, 4) is 0 Å². The van der Waals surface area contributed by atoms with E-state index < -0.39 is 10.0 Å². The van der Waals surface area contributed by atoms with Crippen LogP contribution in [0.1, 0.15) is 71.7 Å². The van der Waals surface area contributed by atoms with Crippen molar-refractivity contribution in [2.45, 2.75) is 58.4 Å². The van der Waals surface area contributed by atoms with Crippen molar-refractivity contribution in [1.82, 2.24) is 14.1 Å². The first-order valence-corrected chi connectivity index (χ1v) is 15.0. The van der Waals surface area contributed by atoms with Gasteiger partial charge in [0.15, 0.2) is 0 Å². The third-order valence-electron chi connectivity index (χ3n) is 6.44. The molecule has 10 heteroatoms. The molecule has 0 fully saturated rings. The fraction of sp³-hybridized carbons (Fsp3) is 0.538. The Morgan fingerprint density at radius 2 is 1.64 bits per heavy atom. The zero-order valence-electron chi connectivity index (χ0n) is 22.0. The number of nitrogens with zero attached hydrogens (tertiary/aromatic N) is 3. The summed E-state index contributed by atoms with van der Waals surface area (Å²) >= 11 is 1.45. The van der Waals surface area contributed by atoms with E-state index in [-0.39, 0.29) is 16.7 Å². The lowest BCUT2D eigenvalue weighted by Crippen LogP contribution is -2.33. The molecule has 1 aromatic heterocycles. The van der Waals surface area contributed by atoms with Crippen LogP contribution in [0.15, 0.2) is 29.2 Å². The van der Waals surface area contributed by atoms with E-state index in [1.165, 1.54) is 39.9 Å². The average Bonchev–Trinajstić information content (AvgIpc) is 3.21. The Morgan fingerprint density at radius 1 is 1.03 bits per heavy atom. The van der Waals surface area contributed by atoms with Crippen molar-refractivity contribution < 1.29 is 18.0 Å². The van der Waals surface area contributed by atoms with Gasteiger partial charge in [-0.25, -0.2) is 8.42 Å². The molecule has 1 aliphatic heterocycles. The van der Waals surface area contributed by atoms with Crippen LogP contribution >= 0.6 is 11.3 Å². The number of hydrogen-bond donors (Lipinski definition) is 1. The Balaban J connectivity index is 1.88. The summed E-state index contributed by atoms with van der Waals surface area (Å²) in [6, 6.07) is 6.04. The molecule has 2 aromatic rings. The first-order valence-electron chi connectivity index (χ1n) is 12.7. The maximum Gasteiger partial charge on any atom is 0.257 e. The van der Waals surface area contributed by atoms with Gasteiger partial charge in [0.2, 0.25) is 10.0 Å². The molecular weight excluding hydrogens is 496 g/mol. The van der Waals surface area contributed by atoms with Gasteiger partial charge in [-0.15, -0.1) is 11.3 Å². The molecule has 0 aliphatic carbocycles. The first-order chi connectivity index (χ1) is 17.2. The molecular formula is C26H38N4O4S2. The molecule has 198 valence electrons. The maximum absolute atomic E-state index is 13.4. The van der Waals surface area contributed by atoms with Crippen LogP contribution in [0.4, 0.5) is 5.00 Å². The van der Waals surface area contributed by atoms with Crippen LogP contribution in [0.5, 0.6) is 0 Å². The highest BCUT2D eigenvalue weighted by molar-refractivity contribution is 7.89. The van der Waals surface area contributed by atoms with Crippen molar-refractivity contribution in [2.75, 3.05) is 45.1 Å². The zero-order chi connectivity index (χ0) is 26.5. The molecule has 0 spiro atoms. The number of carbonyl (C=O) groups is 2. The summed E-state index contributed by atoms with van der Waals surface area (Å²) in [7, 11) is -1.57. The monoisotopic (exact) mass is 534 g/mol. The van der Waals surface area contributed by atoms with E-state index in [4.69, 9.17) is 0 Å². The molecule has 0 saturated heterocycles. The number of benzene rings is 1. The highest BCUT2D eigenvalue weighted by Crippen LogP contribution is 2.38. The van der Waals surface area contributed by atoms with Crippen molar-refractivity contribution in [3.05, 3.63) is 45.8 Å². The van der Waals surface area contributed by atoms with Gasteiger partial charge in [-0.1, -0.05) is 13.8 Å². The molecule has 0 radical (unpaired) electrons. The molecule has 8 nitrogen and oxygen atoms in total. The van der Waals surface area contributed by atoms with Crippen LogP contribution in [0.25, 0.3) is 0 Å². The molecule has 36 heavy (non-hydrogen) atoms. The van der Waals surface area contributed by atoms with E-state index in [1.807, 2.05) is 34.7 Å². The summed E-state index contributed by atoms with van der Waals surface area (Å²) in [4.78, 5) is 31.8. The van der Waals surface area contributed by atoms with Gasteiger partial charge < -0.3 is 15.1 Å². The quantitative estimate of drug-likeness (QED) is 0.465. The number of amides is 2. The predicted molar refractivity (Wildman–Crippen MR) is 145 cm³/mol. The van der Waals surface area contributed by atoms with Gasteiger partial charge in [-0.2, -0.15) is 4.31 Å². The highest BCUT2D eigenvalue weighted by Gasteiger charge is 2.30. The summed E-state index contributed by atoms with van der Waals surface area (Å²) in [6.45, 7) is 11.5. The van der Waals surface area contributed by atoms with Gasteiger partial charge in [0.1, 0.15) is 5.00 Å². The molecule has 0 atom stereocenters. The second-order valence-corrected chi connectivity index (χ2v) is 12.1. The third kappa shape index (κ3) is 5.99. The Labute approximate surface area is 219 Å². The zero-order valence-corrected chi connectivity index (χ0v) is 23.6. The number of sulfonamides is 1. The van der Waals surface area contributed by atoms with Crippen LogP contribution in [0.2, 0.25) is 0 Å². The minimum atomic E-state index is -3.62. The summed E-state index contributed by atoms with van der Waals surface area (Å²) in [5.74, 6) is -0.427. The molecule has 0 bridgehead atoms. The molecule has 1 N–H and O–H groups in total. The molecule has 3 rings (SSSR count). The van der Waals surface area contributed by atoms with Gasteiger partial charge in [0.05, 0.1) is 10.5 Å². The van der Waals surface area contributed by atoms with E-state index in [1.54, 1.807) is 4.90 Å². The van der Waals surface area contributed by atoms with E-state index in [2.05, 4.69) is 10.2 Å². The number of anilines is 1. The average molecular weight is 535 g/mol. The second kappa shape index (κ2) is 12.3.